The lowest BCUT2D eigenvalue weighted by atomic mass is 10.1. The normalized spacial score (nSPS) is 10.2. The summed E-state index contributed by atoms with van der Waals surface area (Å²) in [5.41, 5.74) is 1.15. The molecule has 1 amide bonds. The molecule has 0 heterocycles. The molecule has 2 aromatic carbocycles. The maximum atomic E-state index is 13.4. The average Bonchev–Trinajstić information content (AvgIpc) is 2.41. The van der Waals surface area contributed by atoms with Crippen molar-refractivity contribution < 1.29 is 13.6 Å². The van der Waals surface area contributed by atoms with E-state index in [-0.39, 0.29) is 17.9 Å². The van der Waals surface area contributed by atoms with Crippen molar-refractivity contribution in [3.8, 4) is 0 Å². The number of nitrogens with one attached hydrogen (secondary N) is 1. The number of amides is 1. The van der Waals surface area contributed by atoms with Gasteiger partial charge in [0.15, 0.2) is 0 Å². The smallest absolute Gasteiger partial charge is 0.224 e. The molecule has 98 valence electrons. The molecule has 0 saturated heterocycles. The first-order chi connectivity index (χ1) is 9.15. The summed E-state index contributed by atoms with van der Waals surface area (Å²) in [5.74, 6) is -1.64. The van der Waals surface area contributed by atoms with Gasteiger partial charge in [-0.05, 0) is 17.2 Å². The van der Waals surface area contributed by atoms with Crippen molar-refractivity contribution in [3.05, 3.63) is 71.3 Å². The standard InChI is InChI=1S/C15H13F2NO/c16-13-7-6-12(14(17)9-13)8-15(19)18-10-11-4-2-1-3-5-11/h1-7,9H,8,10H2,(H,18,19). The predicted octanol–water partition coefficient (Wildman–Crippen LogP) is 2.82. The fourth-order valence-corrected chi connectivity index (χ4v) is 1.70. The Morgan fingerprint density at radius 1 is 1.05 bits per heavy atom. The fourth-order valence-electron chi connectivity index (χ4n) is 1.70. The van der Waals surface area contributed by atoms with Crippen LogP contribution in [0.15, 0.2) is 48.5 Å². The minimum Gasteiger partial charge on any atom is -0.352 e. The molecule has 2 rings (SSSR count). The molecule has 0 radical (unpaired) electrons. The zero-order valence-corrected chi connectivity index (χ0v) is 10.2. The highest BCUT2D eigenvalue weighted by atomic mass is 19.1. The van der Waals surface area contributed by atoms with Gasteiger partial charge in [0.25, 0.3) is 0 Å². The van der Waals surface area contributed by atoms with Gasteiger partial charge in [0.2, 0.25) is 5.91 Å². The zero-order chi connectivity index (χ0) is 13.7. The Bertz CT molecular complexity index is 570. The Morgan fingerprint density at radius 2 is 1.79 bits per heavy atom. The number of carbonyl (C=O) groups excluding carboxylic acids is 1. The maximum absolute atomic E-state index is 13.4. The van der Waals surface area contributed by atoms with Gasteiger partial charge >= 0.3 is 0 Å². The minimum absolute atomic E-state index is 0.0983. The van der Waals surface area contributed by atoms with E-state index in [2.05, 4.69) is 5.32 Å². The molecular formula is C15H13F2NO. The third-order valence-electron chi connectivity index (χ3n) is 2.70. The van der Waals surface area contributed by atoms with Gasteiger partial charge < -0.3 is 5.32 Å². The molecule has 1 N–H and O–H groups in total. The lowest BCUT2D eigenvalue weighted by Gasteiger charge is -2.06. The second kappa shape index (κ2) is 6.09. The van der Waals surface area contributed by atoms with Crippen molar-refractivity contribution in [1.82, 2.24) is 5.32 Å². The van der Waals surface area contributed by atoms with Crippen molar-refractivity contribution in [2.75, 3.05) is 0 Å². The van der Waals surface area contributed by atoms with Gasteiger partial charge in [-0.2, -0.15) is 0 Å². The highest BCUT2D eigenvalue weighted by Crippen LogP contribution is 2.10. The SMILES string of the molecule is O=C(Cc1ccc(F)cc1F)NCc1ccccc1. The number of hydrogen-bond donors (Lipinski definition) is 1. The molecule has 4 heteroatoms. The third-order valence-corrected chi connectivity index (χ3v) is 2.70. The van der Waals surface area contributed by atoms with Crippen LogP contribution in [0.3, 0.4) is 0 Å². The van der Waals surface area contributed by atoms with Crippen LogP contribution < -0.4 is 5.32 Å². The summed E-state index contributed by atoms with van der Waals surface area (Å²) in [4.78, 5) is 11.7. The molecule has 0 bridgehead atoms. The van der Waals surface area contributed by atoms with E-state index in [0.717, 1.165) is 17.7 Å². The van der Waals surface area contributed by atoms with Crippen LogP contribution in [0.25, 0.3) is 0 Å². The second-order valence-corrected chi connectivity index (χ2v) is 4.17. The molecule has 0 aliphatic carbocycles. The van der Waals surface area contributed by atoms with Gasteiger partial charge in [0, 0.05) is 12.6 Å². The number of rotatable bonds is 4. The number of hydrogen-bond acceptors (Lipinski definition) is 1. The van der Waals surface area contributed by atoms with Crippen LogP contribution in [0.5, 0.6) is 0 Å². The van der Waals surface area contributed by atoms with E-state index in [1.54, 1.807) is 0 Å². The molecule has 0 aliphatic heterocycles. The molecule has 0 aliphatic rings. The first-order valence-corrected chi connectivity index (χ1v) is 5.90. The van der Waals surface area contributed by atoms with E-state index in [0.29, 0.717) is 6.54 Å². The Labute approximate surface area is 110 Å². The van der Waals surface area contributed by atoms with Gasteiger partial charge in [-0.25, -0.2) is 8.78 Å². The molecule has 0 fully saturated rings. The van der Waals surface area contributed by atoms with Crippen LogP contribution in [-0.2, 0) is 17.8 Å². The van der Waals surface area contributed by atoms with Crippen LogP contribution in [0, 0.1) is 11.6 Å². The zero-order valence-electron chi connectivity index (χ0n) is 10.2. The Balaban J connectivity index is 1.91. The van der Waals surface area contributed by atoms with Crippen molar-refractivity contribution in [2.45, 2.75) is 13.0 Å². The van der Waals surface area contributed by atoms with Crippen LogP contribution in [0.2, 0.25) is 0 Å². The summed E-state index contributed by atoms with van der Waals surface area (Å²) in [6.45, 7) is 0.391. The summed E-state index contributed by atoms with van der Waals surface area (Å²) in [6, 6.07) is 12.6. The second-order valence-electron chi connectivity index (χ2n) is 4.17. The summed E-state index contributed by atoms with van der Waals surface area (Å²) in [6.07, 6.45) is -0.0983. The molecule has 0 aromatic heterocycles. The van der Waals surface area contributed by atoms with Crippen molar-refractivity contribution in [2.24, 2.45) is 0 Å². The number of halogens is 2. The summed E-state index contributed by atoms with van der Waals surface area (Å²) in [5, 5.41) is 2.69. The lowest BCUT2D eigenvalue weighted by Crippen LogP contribution is -2.24. The van der Waals surface area contributed by atoms with E-state index < -0.39 is 11.6 Å². The topological polar surface area (TPSA) is 29.1 Å². The molecule has 19 heavy (non-hydrogen) atoms. The van der Waals surface area contributed by atoms with E-state index >= 15 is 0 Å². The first kappa shape index (κ1) is 13.2. The predicted molar refractivity (Wildman–Crippen MR) is 68.4 cm³/mol. The largest absolute Gasteiger partial charge is 0.352 e. The summed E-state index contributed by atoms with van der Waals surface area (Å²) in [7, 11) is 0. The van der Waals surface area contributed by atoms with Gasteiger partial charge in [0.05, 0.1) is 6.42 Å². The maximum Gasteiger partial charge on any atom is 0.224 e. The summed E-state index contributed by atoms with van der Waals surface area (Å²) < 4.78 is 26.1. The van der Waals surface area contributed by atoms with E-state index in [9.17, 15) is 13.6 Å². The van der Waals surface area contributed by atoms with Crippen LogP contribution >= 0.6 is 0 Å². The Hall–Kier alpha value is -2.23. The molecule has 0 unspecified atom stereocenters. The van der Waals surface area contributed by atoms with Gasteiger partial charge in [-0.1, -0.05) is 36.4 Å². The fraction of sp³-hybridized carbons (Fsp3) is 0.133. The molecule has 0 atom stereocenters. The number of carbonyl (C=O) groups is 1. The van der Waals surface area contributed by atoms with Crippen LogP contribution in [0.1, 0.15) is 11.1 Å². The first-order valence-electron chi connectivity index (χ1n) is 5.90. The molecule has 2 nitrogen and oxygen atoms in total. The van der Waals surface area contributed by atoms with Crippen molar-refractivity contribution >= 4 is 5.91 Å². The lowest BCUT2D eigenvalue weighted by molar-refractivity contribution is -0.120. The van der Waals surface area contributed by atoms with Gasteiger partial charge in [-0.15, -0.1) is 0 Å². The van der Waals surface area contributed by atoms with E-state index in [4.69, 9.17) is 0 Å². The minimum atomic E-state index is -0.699. The van der Waals surface area contributed by atoms with E-state index in [1.165, 1.54) is 6.07 Å². The van der Waals surface area contributed by atoms with E-state index in [1.807, 2.05) is 30.3 Å². The highest BCUT2D eigenvalue weighted by molar-refractivity contribution is 5.78. The van der Waals surface area contributed by atoms with Crippen LogP contribution in [-0.4, -0.2) is 5.91 Å². The average molecular weight is 261 g/mol. The summed E-state index contributed by atoms with van der Waals surface area (Å²) >= 11 is 0. The van der Waals surface area contributed by atoms with Gasteiger partial charge in [-0.3, -0.25) is 4.79 Å². The molecular weight excluding hydrogens is 248 g/mol. The van der Waals surface area contributed by atoms with Crippen LogP contribution in [0.4, 0.5) is 8.78 Å². The molecule has 0 saturated carbocycles. The van der Waals surface area contributed by atoms with Gasteiger partial charge in [0.1, 0.15) is 11.6 Å². The Morgan fingerprint density at radius 3 is 2.47 bits per heavy atom. The molecule has 0 spiro atoms. The number of benzene rings is 2. The quantitative estimate of drug-likeness (QED) is 0.901. The van der Waals surface area contributed by atoms with Crippen molar-refractivity contribution in [1.29, 1.82) is 0 Å². The highest BCUT2D eigenvalue weighted by Gasteiger charge is 2.08. The third kappa shape index (κ3) is 3.88. The Kier molecular flexibility index (Phi) is 4.23. The van der Waals surface area contributed by atoms with Crippen molar-refractivity contribution in [3.63, 3.8) is 0 Å². The monoisotopic (exact) mass is 261 g/mol. The molecule has 2 aromatic rings.